The van der Waals surface area contributed by atoms with Crippen LogP contribution in [-0.4, -0.2) is 48.5 Å². The molecule has 1 aliphatic carbocycles. The van der Waals surface area contributed by atoms with E-state index in [1.54, 1.807) is 4.31 Å². The zero-order valence-electron chi connectivity index (χ0n) is 15.3. The highest BCUT2D eigenvalue weighted by Gasteiger charge is 2.50. The van der Waals surface area contributed by atoms with Crippen LogP contribution < -0.4 is 0 Å². The van der Waals surface area contributed by atoms with Crippen LogP contribution in [0.5, 0.6) is 0 Å². The summed E-state index contributed by atoms with van der Waals surface area (Å²) in [5, 5.41) is 0. The van der Waals surface area contributed by atoms with Crippen LogP contribution in [0.1, 0.15) is 36.9 Å². The molecule has 0 bridgehead atoms. The van der Waals surface area contributed by atoms with Crippen molar-refractivity contribution in [1.29, 1.82) is 0 Å². The van der Waals surface area contributed by atoms with Crippen molar-refractivity contribution in [2.75, 3.05) is 12.8 Å². The molecule has 1 saturated carbocycles. The van der Waals surface area contributed by atoms with Crippen LogP contribution in [0.25, 0.3) is 0 Å². The first-order valence-corrected chi connectivity index (χ1v) is 11.2. The maximum absolute atomic E-state index is 12.3. The highest BCUT2D eigenvalue weighted by molar-refractivity contribution is 7.88. The molecule has 0 unspecified atom stereocenters. The van der Waals surface area contributed by atoms with Crippen molar-refractivity contribution in [2.24, 2.45) is 0 Å². The summed E-state index contributed by atoms with van der Waals surface area (Å²) in [6.45, 7) is 2.94. The van der Waals surface area contributed by atoms with Gasteiger partial charge in [-0.1, -0.05) is 60.7 Å². The molecule has 2 aliphatic rings. The van der Waals surface area contributed by atoms with Gasteiger partial charge in [0.15, 0.2) is 0 Å². The van der Waals surface area contributed by atoms with Crippen molar-refractivity contribution < 1.29 is 8.42 Å². The van der Waals surface area contributed by atoms with Crippen molar-refractivity contribution in [1.82, 2.24) is 9.21 Å². The van der Waals surface area contributed by atoms with E-state index in [4.69, 9.17) is 0 Å². The van der Waals surface area contributed by atoms with E-state index in [9.17, 15) is 8.42 Å². The summed E-state index contributed by atoms with van der Waals surface area (Å²) in [4.78, 5) is 2.43. The summed E-state index contributed by atoms with van der Waals surface area (Å²) in [7, 11) is -3.17. The highest BCUT2D eigenvalue weighted by atomic mass is 32.2. The Morgan fingerprint density at radius 3 is 1.85 bits per heavy atom. The van der Waals surface area contributed by atoms with E-state index in [0.717, 1.165) is 19.4 Å². The molecule has 0 amide bonds. The molecule has 1 saturated heterocycles. The van der Waals surface area contributed by atoms with Crippen molar-refractivity contribution in [3.63, 3.8) is 0 Å². The molecule has 1 aliphatic heterocycles. The lowest BCUT2D eigenvalue weighted by atomic mass is 9.88. The third-order valence-electron chi connectivity index (χ3n) is 5.66. The van der Waals surface area contributed by atoms with Crippen LogP contribution in [-0.2, 0) is 10.0 Å². The first-order valence-electron chi connectivity index (χ1n) is 9.31. The highest BCUT2D eigenvalue weighted by Crippen LogP contribution is 2.41. The van der Waals surface area contributed by atoms with E-state index in [1.165, 1.54) is 17.4 Å². The lowest BCUT2D eigenvalue weighted by Gasteiger charge is -2.54. The molecule has 26 heavy (non-hydrogen) atoms. The number of benzene rings is 2. The first-order chi connectivity index (χ1) is 12.5. The van der Waals surface area contributed by atoms with Crippen LogP contribution in [0.3, 0.4) is 0 Å². The second-order valence-corrected chi connectivity index (χ2v) is 9.44. The van der Waals surface area contributed by atoms with E-state index in [0.29, 0.717) is 0 Å². The molecule has 2 aromatic rings. The maximum atomic E-state index is 12.3. The molecule has 5 heteroatoms. The second kappa shape index (κ2) is 6.80. The molecule has 1 heterocycles. The molecular formula is C21H26N2O2S. The van der Waals surface area contributed by atoms with Gasteiger partial charge in [-0.15, -0.1) is 0 Å². The van der Waals surface area contributed by atoms with Crippen molar-refractivity contribution in [3.8, 4) is 0 Å². The van der Waals surface area contributed by atoms with Crippen LogP contribution >= 0.6 is 0 Å². The standard InChI is InChI=1S/C21H26N2O2S/c1-16-20(23(19-13-14-19)26(2,24)25)15-22(16)21(17-9-5-3-6-10-17)18-11-7-4-8-12-18/h3-12,16,19-21H,13-15H2,1-2H3/t16-,20+/m1/s1. The molecule has 138 valence electrons. The van der Waals surface area contributed by atoms with E-state index in [1.807, 2.05) is 12.1 Å². The maximum Gasteiger partial charge on any atom is 0.211 e. The average molecular weight is 371 g/mol. The van der Waals surface area contributed by atoms with Gasteiger partial charge in [0.05, 0.1) is 18.3 Å². The Hall–Kier alpha value is -1.69. The van der Waals surface area contributed by atoms with Crippen molar-refractivity contribution in [2.45, 2.75) is 43.9 Å². The van der Waals surface area contributed by atoms with Crippen molar-refractivity contribution >= 4 is 10.0 Å². The number of rotatable bonds is 6. The Bertz CT molecular complexity index is 811. The van der Waals surface area contributed by atoms with Gasteiger partial charge in [-0.25, -0.2) is 8.42 Å². The largest absolute Gasteiger partial charge is 0.286 e. The predicted molar refractivity (Wildman–Crippen MR) is 104 cm³/mol. The lowest BCUT2D eigenvalue weighted by molar-refractivity contribution is -0.0101. The summed E-state index contributed by atoms with van der Waals surface area (Å²) in [6.07, 6.45) is 3.35. The number of sulfonamides is 1. The molecule has 4 rings (SSSR count). The predicted octanol–water partition coefficient (Wildman–Crippen LogP) is 3.27. The number of hydrogen-bond acceptors (Lipinski definition) is 3. The van der Waals surface area contributed by atoms with E-state index in [-0.39, 0.29) is 24.2 Å². The van der Waals surface area contributed by atoms with Gasteiger partial charge in [0, 0.05) is 18.6 Å². The molecule has 2 atom stereocenters. The van der Waals surface area contributed by atoms with Gasteiger partial charge in [0.25, 0.3) is 0 Å². The monoisotopic (exact) mass is 370 g/mol. The summed E-state index contributed by atoms with van der Waals surface area (Å²) < 4.78 is 26.4. The van der Waals surface area contributed by atoms with Crippen molar-refractivity contribution in [3.05, 3.63) is 71.8 Å². The normalized spacial score (nSPS) is 24.0. The quantitative estimate of drug-likeness (QED) is 0.784. The smallest absolute Gasteiger partial charge is 0.211 e. The Morgan fingerprint density at radius 2 is 1.46 bits per heavy atom. The Morgan fingerprint density at radius 1 is 0.962 bits per heavy atom. The minimum Gasteiger partial charge on any atom is -0.286 e. The average Bonchev–Trinajstić information content (AvgIpc) is 3.46. The fraction of sp³-hybridized carbons (Fsp3) is 0.429. The summed E-state index contributed by atoms with van der Waals surface area (Å²) >= 11 is 0. The Labute approximate surface area is 156 Å². The number of hydrogen-bond donors (Lipinski definition) is 0. The van der Waals surface area contributed by atoms with Crippen LogP contribution in [0, 0.1) is 0 Å². The molecule has 0 N–H and O–H groups in total. The summed E-state index contributed by atoms with van der Waals surface area (Å²) in [5.41, 5.74) is 2.50. The molecule has 0 radical (unpaired) electrons. The van der Waals surface area contributed by atoms with Crippen LogP contribution in [0.2, 0.25) is 0 Å². The van der Waals surface area contributed by atoms with Gasteiger partial charge >= 0.3 is 0 Å². The molecular weight excluding hydrogens is 344 g/mol. The fourth-order valence-electron chi connectivity index (χ4n) is 4.21. The zero-order chi connectivity index (χ0) is 18.3. The van der Waals surface area contributed by atoms with Gasteiger partial charge in [-0.2, -0.15) is 4.31 Å². The minimum absolute atomic E-state index is 0.0763. The third kappa shape index (κ3) is 3.31. The SMILES string of the molecule is C[C@@H]1[C@@H](N(C2CC2)S(C)(=O)=O)CN1C(c1ccccc1)c1ccccc1. The molecule has 2 aromatic carbocycles. The van der Waals surface area contributed by atoms with E-state index in [2.05, 4.69) is 60.4 Å². The van der Waals surface area contributed by atoms with Gasteiger partial charge in [-0.05, 0) is 30.9 Å². The summed E-state index contributed by atoms with van der Waals surface area (Å²) in [6, 6.07) is 21.6. The molecule has 2 fully saturated rings. The van der Waals surface area contributed by atoms with Gasteiger partial charge < -0.3 is 0 Å². The number of likely N-dealkylation sites (tertiary alicyclic amines) is 1. The summed E-state index contributed by atoms with van der Waals surface area (Å²) in [5.74, 6) is 0. The zero-order valence-corrected chi connectivity index (χ0v) is 16.1. The molecule has 4 nitrogen and oxygen atoms in total. The second-order valence-electron chi connectivity index (χ2n) is 7.55. The molecule has 0 spiro atoms. The Balaban J connectivity index is 1.62. The minimum atomic E-state index is -3.17. The van der Waals surface area contributed by atoms with Gasteiger partial charge in [-0.3, -0.25) is 4.90 Å². The fourth-order valence-corrected chi connectivity index (χ4v) is 5.70. The van der Waals surface area contributed by atoms with Gasteiger partial charge in [0.1, 0.15) is 0 Å². The van der Waals surface area contributed by atoms with Crippen LogP contribution in [0.4, 0.5) is 0 Å². The van der Waals surface area contributed by atoms with E-state index < -0.39 is 10.0 Å². The van der Waals surface area contributed by atoms with Crippen LogP contribution in [0.15, 0.2) is 60.7 Å². The Kier molecular flexibility index (Phi) is 4.63. The molecule has 0 aromatic heterocycles. The first kappa shape index (κ1) is 17.7. The van der Waals surface area contributed by atoms with Gasteiger partial charge in [0.2, 0.25) is 10.0 Å². The third-order valence-corrected chi connectivity index (χ3v) is 6.99. The topological polar surface area (TPSA) is 40.6 Å². The number of nitrogens with zero attached hydrogens (tertiary/aromatic N) is 2. The lowest BCUT2D eigenvalue weighted by Crippen LogP contribution is -2.67. The van der Waals surface area contributed by atoms with E-state index >= 15 is 0 Å².